The van der Waals surface area contributed by atoms with Gasteiger partial charge in [0, 0.05) is 17.4 Å². The zero-order chi connectivity index (χ0) is 13.5. The quantitative estimate of drug-likeness (QED) is 0.279. The Morgan fingerprint density at radius 1 is 1.22 bits per heavy atom. The fraction of sp³-hybridized carbons (Fsp3) is 0.154. The van der Waals surface area contributed by atoms with Crippen LogP contribution in [-0.4, -0.2) is 22.5 Å². The largest absolute Gasteiger partial charge is 0.507 e. The summed E-state index contributed by atoms with van der Waals surface area (Å²) in [6, 6.07) is 8.48. The maximum atomic E-state index is 11.4. The third-order valence-corrected chi connectivity index (χ3v) is 1.94. The van der Waals surface area contributed by atoms with Crippen molar-refractivity contribution in [2.24, 2.45) is 5.10 Å². The molecule has 2 N–H and O–H groups in total. The number of benzene rings is 1. The Balaban J connectivity index is 2.74. The second-order valence-electron chi connectivity index (χ2n) is 3.76. The first-order chi connectivity index (χ1) is 8.50. The van der Waals surface area contributed by atoms with E-state index in [4.69, 9.17) is 0 Å². The monoisotopic (exact) mass is 246 g/mol. The molecule has 0 aliphatic carbocycles. The fourth-order valence-corrected chi connectivity index (χ4v) is 1.10. The number of hydrogen-bond acceptors (Lipinski definition) is 4. The molecule has 1 aromatic carbocycles. The predicted molar refractivity (Wildman–Crippen MR) is 69.0 cm³/mol. The van der Waals surface area contributed by atoms with Gasteiger partial charge in [0.2, 0.25) is 5.78 Å². The zero-order valence-corrected chi connectivity index (χ0v) is 10.2. The van der Waals surface area contributed by atoms with Crippen LogP contribution in [0.4, 0.5) is 0 Å². The van der Waals surface area contributed by atoms with Crippen LogP contribution in [-0.2, 0) is 9.59 Å². The molecule has 0 saturated heterocycles. The molecule has 5 heteroatoms. The SMILES string of the molecule is CC(C)=NNC(=O)C(=O)/C=C(\O)c1ccccc1. The molecule has 0 bridgehead atoms. The Morgan fingerprint density at radius 2 is 1.83 bits per heavy atom. The number of rotatable bonds is 4. The lowest BCUT2D eigenvalue weighted by Gasteiger charge is -1.99. The minimum Gasteiger partial charge on any atom is -0.507 e. The third kappa shape index (κ3) is 4.21. The number of carbonyl (C=O) groups is 2. The highest BCUT2D eigenvalue weighted by atomic mass is 16.3. The van der Waals surface area contributed by atoms with Crippen LogP contribution in [0.25, 0.3) is 5.76 Å². The van der Waals surface area contributed by atoms with E-state index >= 15 is 0 Å². The number of aliphatic hydroxyl groups excluding tert-OH is 1. The topological polar surface area (TPSA) is 78.8 Å². The summed E-state index contributed by atoms with van der Waals surface area (Å²) in [6.45, 7) is 3.37. The normalized spacial score (nSPS) is 10.7. The van der Waals surface area contributed by atoms with Crippen molar-refractivity contribution in [1.82, 2.24) is 5.43 Å². The predicted octanol–water partition coefficient (Wildman–Crippen LogP) is 1.67. The second kappa shape index (κ2) is 6.34. The van der Waals surface area contributed by atoms with Gasteiger partial charge in [-0.2, -0.15) is 5.10 Å². The van der Waals surface area contributed by atoms with Crippen LogP contribution in [0.1, 0.15) is 19.4 Å². The van der Waals surface area contributed by atoms with Crippen LogP contribution >= 0.6 is 0 Å². The lowest BCUT2D eigenvalue weighted by molar-refractivity contribution is -0.135. The highest BCUT2D eigenvalue weighted by Gasteiger charge is 2.11. The molecular weight excluding hydrogens is 232 g/mol. The number of nitrogens with one attached hydrogen (secondary N) is 1. The second-order valence-corrected chi connectivity index (χ2v) is 3.76. The van der Waals surface area contributed by atoms with Crippen molar-refractivity contribution in [3.8, 4) is 0 Å². The molecule has 0 aliphatic rings. The van der Waals surface area contributed by atoms with Crippen LogP contribution in [0.2, 0.25) is 0 Å². The van der Waals surface area contributed by atoms with Crippen LogP contribution in [0, 0.1) is 0 Å². The van der Waals surface area contributed by atoms with E-state index in [1.54, 1.807) is 44.2 Å². The van der Waals surface area contributed by atoms with Crippen molar-refractivity contribution in [1.29, 1.82) is 0 Å². The van der Waals surface area contributed by atoms with Crippen molar-refractivity contribution in [3.63, 3.8) is 0 Å². The fourth-order valence-electron chi connectivity index (χ4n) is 1.10. The number of hydrogen-bond donors (Lipinski definition) is 2. The van der Waals surface area contributed by atoms with Crippen LogP contribution < -0.4 is 5.43 Å². The summed E-state index contributed by atoms with van der Waals surface area (Å²) in [5.74, 6) is -2.01. The smallest absolute Gasteiger partial charge is 0.311 e. The van der Waals surface area contributed by atoms with Gasteiger partial charge in [0.05, 0.1) is 0 Å². The number of nitrogens with zero attached hydrogens (tertiary/aromatic N) is 1. The van der Waals surface area contributed by atoms with Gasteiger partial charge in [-0.25, -0.2) is 5.43 Å². The van der Waals surface area contributed by atoms with Gasteiger partial charge in [-0.3, -0.25) is 9.59 Å². The van der Waals surface area contributed by atoms with Crippen LogP contribution in [0.3, 0.4) is 0 Å². The van der Waals surface area contributed by atoms with Gasteiger partial charge in [0.15, 0.2) is 0 Å². The van der Waals surface area contributed by atoms with Gasteiger partial charge < -0.3 is 5.11 Å². The van der Waals surface area contributed by atoms with Gasteiger partial charge >= 0.3 is 5.91 Å². The third-order valence-electron chi connectivity index (χ3n) is 1.94. The summed E-state index contributed by atoms with van der Waals surface area (Å²) in [4.78, 5) is 22.7. The minimum atomic E-state index is -0.890. The highest BCUT2D eigenvalue weighted by Crippen LogP contribution is 2.09. The van der Waals surface area contributed by atoms with Crippen molar-refractivity contribution in [3.05, 3.63) is 42.0 Å². The molecular formula is C13H14N2O3. The van der Waals surface area contributed by atoms with Gasteiger partial charge in [-0.1, -0.05) is 30.3 Å². The van der Waals surface area contributed by atoms with Crippen molar-refractivity contribution in [2.45, 2.75) is 13.8 Å². The molecule has 0 heterocycles. The van der Waals surface area contributed by atoms with Gasteiger partial charge in [0.1, 0.15) is 5.76 Å². The van der Waals surface area contributed by atoms with E-state index in [9.17, 15) is 14.7 Å². The van der Waals surface area contributed by atoms with Gasteiger partial charge in [-0.15, -0.1) is 0 Å². The Kier molecular flexibility index (Phi) is 4.80. The van der Waals surface area contributed by atoms with E-state index in [0.717, 1.165) is 6.08 Å². The van der Waals surface area contributed by atoms with Crippen molar-refractivity contribution >= 4 is 23.2 Å². The van der Waals surface area contributed by atoms with Crippen LogP contribution in [0.15, 0.2) is 41.5 Å². The summed E-state index contributed by atoms with van der Waals surface area (Å²) >= 11 is 0. The summed E-state index contributed by atoms with van der Waals surface area (Å²) in [6.07, 6.45) is 0.866. The van der Waals surface area contributed by atoms with Gasteiger partial charge in [0.25, 0.3) is 0 Å². The molecule has 0 spiro atoms. The van der Waals surface area contributed by atoms with Crippen molar-refractivity contribution < 1.29 is 14.7 Å². The maximum Gasteiger partial charge on any atom is 0.311 e. The Labute approximate surface area is 105 Å². The van der Waals surface area contributed by atoms with Crippen LogP contribution in [0.5, 0.6) is 0 Å². The first-order valence-corrected chi connectivity index (χ1v) is 5.32. The molecule has 1 amide bonds. The Hall–Kier alpha value is -2.43. The molecule has 0 saturated carbocycles. The number of amides is 1. The lowest BCUT2D eigenvalue weighted by atomic mass is 10.1. The Morgan fingerprint density at radius 3 is 2.39 bits per heavy atom. The Bertz CT molecular complexity index is 500. The molecule has 0 atom stereocenters. The summed E-state index contributed by atoms with van der Waals surface area (Å²) < 4.78 is 0. The summed E-state index contributed by atoms with van der Waals surface area (Å²) in [5.41, 5.74) is 3.17. The summed E-state index contributed by atoms with van der Waals surface area (Å²) in [7, 11) is 0. The number of aliphatic hydroxyl groups is 1. The first kappa shape index (κ1) is 13.6. The molecule has 1 rings (SSSR count). The molecule has 5 nitrogen and oxygen atoms in total. The van der Waals surface area contributed by atoms with E-state index in [1.165, 1.54) is 0 Å². The van der Waals surface area contributed by atoms with E-state index in [2.05, 4.69) is 10.5 Å². The first-order valence-electron chi connectivity index (χ1n) is 5.32. The van der Waals surface area contributed by atoms with Crippen molar-refractivity contribution in [2.75, 3.05) is 0 Å². The number of ketones is 1. The molecule has 0 aromatic heterocycles. The molecule has 0 fully saturated rings. The molecule has 1 aromatic rings. The molecule has 94 valence electrons. The minimum absolute atomic E-state index is 0.257. The lowest BCUT2D eigenvalue weighted by Crippen LogP contribution is -2.26. The maximum absolute atomic E-state index is 11.4. The zero-order valence-electron chi connectivity index (χ0n) is 10.2. The van der Waals surface area contributed by atoms with E-state index in [-0.39, 0.29) is 5.76 Å². The average Bonchev–Trinajstić information content (AvgIpc) is 2.36. The standard InChI is InChI=1S/C13H14N2O3/c1-9(2)14-15-13(18)12(17)8-11(16)10-6-4-3-5-7-10/h3-8,16H,1-2H3,(H,15,18)/b11-8-. The number of carbonyl (C=O) groups excluding carboxylic acids is 2. The molecule has 0 radical (unpaired) electrons. The van der Waals surface area contributed by atoms with E-state index < -0.39 is 11.7 Å². The van der Waals surface area contributed by atoms with E-state index in [1.807, 2.05) is 0 Å². The molecule has 0 unspecified atom stereocenters. The average molecular weight is 246 g/mol. The van der Waals surface area contributed by atoms with Gasteiger partial charge in [-0.05, 0) is 13.8 Å². The highest BCUT2D eigenvalue weighted by molar-refractivity contribution is 6.41. The van der Waals surface area contributed by atoms with E-state index in [0.29, 0.717) is 11.3 Å². The molecule has 0 aliphatic heterocycles. The summed E-state index contributed by atoms with van der Waals surface area (Å²) in [5, 5.41) is 13.3. The number of hydrazone groups is 1. The molecule has 18 heavy (non-hydrogen) atoms.